The highest BCUT2D eigenvalue weighted by Crippen LogP contribution is 2.39. The summed E-state index contributed by atoms with van der Waals surface area (Å²) in [5.41, 5.74) is 18.9. The predicted molar refractivity (Wildman–Crippen MR) is 584 cm³/mol. The summed E-state index contributed by atoms with van der Waals surface area (Å²) < 4.78 is 27.2. The van der Waals surface area contributed by atoms with Crippen LogP contribution >= 0.6 is 0 Å². The maximum absolute atomic E-state index is 11.4. The quantitative estimate of drug-likeness (QED) is 0.0617. The van der Waals surface area contributed by atoms with E-state index in [1.807, 2.05) is 396 Å². The van der Waals surface area contributed by atoms with Crippen molar-refractivity contribution in [1.29, 1.82) is 0 Å². The van der Waals surface area contributed by atoms with E-state index in [9.17, 15) is 57.5 Å². The van der Waals surface area contributed by atoms with E-state index >= 15 is 0 Å². The number of anilines is 1. The third kappa shape index (κ3) is 59.3. The highest BCUT2D eigenvalue weighted by molar-refractivity contribution is 6.17. The average Bonchev–Trinajstić information content (AvgIpc) is 1.64. The van der Waals surface area contributed by atoms with Gasteiger partial charge in [-0.05, 0) is 159 Å². The second kappa shape index (κ2) is 111. The summed E-state index contributed by atoms with van der Waals surface area (Å²) in [6.45, 7) is 88.0. The maximum atomic E-state index is 11.4. The van der Waals surface area contributed by atoms with Gasteiger partial charge >= 0.3 is 71.6 Å². The van der Waals surface area contributed by atoms with E-state index < -0.39 is 35.8 Å². The van der Waals surface area contributed by atoms with Crippen molar-refractivity contribution in [3.05, 3.63) is 183 Å². The molecule has 6 atom stereocenters. The molecule has 6 aromatic carbocycles. The fourth-order valence-corrected chi connectivity index (χ4v) is 13.2. The standard InChI is InChI=1S/2C12H10O3.C12H6O3.C9H12O3.C8H10O3.C8H4O3.C6H13N.C6H7N.22C2H6/c3*13-11-9-5-7-3-1-2-4-8(7)6-10(9)12(14)15-11;10-8-6-4-2-1-3-5-7(6)9(11)12-8;2*9-7-5-3-1-2-4-6(5)8(10)11-7;2*7-6-4-2-1-3-5-6;22*1-2/h5-6H,1-4H2;1-4,9-10H,5-6H2;1-6H;6-7H,1-5H2;5-6H,1-4H2;1-4H;6H,1-5,7H2;1-5H,7H2;22*1-2H3. The molecule has 3 saturated heterocycles. The molecule has 3 saturated carbocycles. The van der Waals surface area contributed by atoms with Gasteiger partial charge in [0, 0.05) is 11.7 Å². The number of benzene rings is 6. The first-order chi connectivity index (χ1) is 66.9. The van der Waals surface area contributed by atoms with E-state index in [1.54, 1.807) is 36.4 Å². The van der Waals surface area contributed by atoms with Crippen LogP contribution in [0.1, 0.15) is 492 Å². The molecule has 0 spiro atoms. The summed E-state index contributed by atoms with van der Waals surface area (Å²) >= 11 is 0. The third-order valence-corrected chi connectivity index (χ3v) is 18.3. The lowest BCUT2D eigenvalue weighted by Crippen LogP contribution is -2.27. The molecule has 20 heteroatoms. The van der Waals surface area contributed by atoms with Crippen LogP contribution in [0.4, 0.5) is 5.69 Å². The van der Waals surface area contributed by atoms with E-state index in [4.69, 9.17) is 11.5 Å². The summed E-state index contributed by atoms with van der Waals surface area (Å²) in [7, 11) is 0. The molecule has 0 radical (unpaired) electrons. The third-order valence-electron chi connectivity index (χ3n) is 18.3. The van der Waals surface area contributed by atoms with Crippen molar-refractivity contribution in [2.45, 2.75) is 439 Å². The van der Waals surface area contributed by atoms with Gasteiger partial charge in [0.15, 0.2) is 0 Å². The van der Waals surface area contributed by atoms with Gasteiger partial charge in [-0.1, -0.05) is 435 Å². The van der Waals surface area contributed by atoms with Crippen LogP contribution in [-0.4, -0.2) is 77.7 Å². The molecular formula is C117H204N2O18. The Bertz CT molecular complexity index is 3700. The molecule has 6 aromatic rings. The van der Waals surface area contributed by atoms with Gasteiger partial charge in [-0.3, -0.25) is 28.8 Å². The number of hydrogen-bond donors (Lipinski definition) is 2. The number of nitrogens with two attached hydrogens (primary N) is 2. The number of ether oxygens (including phenoxy) is 6. The van der Waals surface area contributed by atoms with E-state index in [2.05, 4.69) is 28.4 Å². The molecule has 6 unspecified atom stereocenters. The largest absolute Gasteiger partial charge is 0.399 e. The van der Waals surface area contributed by atoms with Crippen LogP contribution < -0.4 is 11.5 Å². The van der Waals surface area contributed by atoms with Crippen molar-refractivity contribution in [3.8, 4) is 0 Å². The van der Waals surface area contributed by atoms with Crippen LogP contribution in [0.3, 0.4) is 0 Å². The molecule has 790 valence electrons. The second-order valence-electron chi connectivity index (χ2n) is 24.5. The van der Waals surface area contributed by atoms with Gasteiger partial charge in [0.05, 0.1) is 68.9 Å². The van der Waals surface area contributed by atoms with Crippen LogP contribution in [-0.2, 0) is 82.9 Å². The smallest absolute Gasteiger partial charge is 0.346 e. The lowest BCUT2D eigenvalue weighted by molar-refractivity contribution is -0.155. The predicted octanol–water partition coefficient (Wildman–Crippen LogP) is 33.4. The molecule has 6 fully saturated rings. The number of para-hydroxylation sites is 1. The number of esters is 12. The Labute approximate surface area is 838 Å². The lowest BCUT2D eigenvalue weighted by Gasteiger charge is -2.22. The first-order valence-electron chi connectivity index (χ1n) is 53.9. The Morgan fingerprint density at radius 1 is 0.204 bits per heavy atom. The fourth-order valence-electron chi connectivity index (χ4n) is 13.2. The number of carbonyl (C=O) groups is 12. The molecule has 6 heterocycles. The first-order valence-corrected chi connectivity index (χ1v) is 53.9. The number of aryl methyl sites for hydroxylation is 2. The molecule has 5 aliphatic carbocycles. The topological polar surface area (TPSA) is 312 Å². The van der Waals surface area contributed by atoms with E-state index in [0.29, 0.717) is 52.3 Å². The van der Waals surface area contributed by atoms with Crippen LogP contribution in [0, 0.1) is 35.5 Å². The van der Waals surface area contributed by atoms with Gasteiger partial charge in [-0.15, -0.1) is 0 Å². The van der Waals surface area contributed by atoms with E-state index in [0.717, 1.165) is 99.9 Å². The van der Waals surface area contributed by atoms with Crippen LogP contribution in [0.5, 0.6) is 0 Å². The zero-order chi connectivity index (χ0) is 110. The Hall–Kier alpha value is -9.82. The molecule has 6 aliphatic heterocycles. The molecule has 137 heavy (non-hydrogen) atoms. The fraction of sp³-hybridized carbons (Fsp3) is 0.607. The summed E-state index contributed by atoms with van der Waals surface area (Å²) in [5, 5.41) is 1.87. The van der Waals surface area contributed by atoms with Gasteiger partial charge in [0.25, 0.3) is 0 Å². The summed E-state index contributed by atoms with van der Waals surface area (Å²) in [6, 6.07) is 39.1. The minimum absolute atomic E-state index is 0.101. The Morgan fingerprint density at radius 3 is 0.642 bits per heavy atom. The Morgan fingerprint density at radius 2 is 0.409 bits per heavy atom. The minimum Gasteiger partial charge on any atom is -0.399 e. The summed E-state index contributed by atoms with van der Waals surface area (Å²) in [4.78, 5) is 134. The first kappa shape index (κ1) is 155. The second-order valence-corrected chi connectivity index (χ2v) is 24.5. The van der Waals surface area contributed by atoms with Crippen LogP contribution in [0.25, 0.3) is 10.8 Å². The van der Waals surface area contributed by atoms with Crippen molar-refractivity contribution in [2.24, 2.45) is 41.2 Å². The zero-order valence-corrected chi connectivity index (χ0v) is 95.3. The maximum Gasteiger partial charge on any atom is 0.346 e. The number of carbonyl (C=O) groups excluding carboxylic acids is 12. The Balaban J connectivity index is -0.000000111. The monoisotopic (exact) mass is 1930 g/mol. The van der Waals surface area contributed by atoms with Gasteiger partial charge in [0.1, 0.15) is 0 Å². The van der Waals surface area contributed by atoms with Crippen molar-refractivity contribution >= 4 is 88.1 Å². The molecular weight excluding hydrogens is 1720 g/mol. The highest BCUT2D eigenvalue weighted by Gasteiger charge is 2.48. The summed E-state index contributed by atoms with van der Waals surface area (Å²) in [6.07, 6.45) is 21.0. The normalized spacial score (nSPS) is 16.6. The number of cyclic esters (lactones) is 12. The highest BCUT2D eigenvalue weighted by atomic mass is 16.6. The van der Waals surface area contributed by atoms with E-state index in [1.165, 1.54) is 54.4 Å². The number of nitrogen functional groups attached to an aromatic ring is 1. The van der Waals surface area contributed by atoms with Crippen molar-refractivity contribution in [1.82, 2.24) is 0 Å². The number of hydrogen-bond acceptors (Lipinski definition) is 20. The SMILES string of the molecule is CC.CC.CC.CC.CC.CC.CC.CC.CC.CC.CC.CC.CC.CC.CC.CC.CC.CC.CC.CC.CC.CC.NC1CCCCC1.Nc1ccccc1.O=C1OC(=O)C2CCCCC12.O=C1OC(=O)C2CCCCCC12.O=C1OC(=O)C2Cc3ccccc3CC12.O=C1OC(=O)c2cc3c(cc21)CCCC3.O=C1OC(=O)c2cc3ccccc3cc21.O=C1OC(=O)c2ccccc21. The van der Waals surface area contributed by atoms with Crippen LogP contribution in [0.15, 0.2) is 127 Å². The molecule has 0 amide bonds. The minimum atomic E-state index is -0.555. The molecule has 20 nitrogen and oxygen atoms in total. The van der Waals surface area contributed by atoms with Crippen LogP contribution in [0.2, 0.25) is 0 Å². The summed E-state index contributed by atoms with van der Waals surface area (Å²) in [5.74, 6) is -5.96. The zero-order valence-electron chi connectivity index (χ0n) is 95.3. The molecule has 11 aliphatic rings. The van der Waals surface area contributed by atoms with Gasteiger partial charge in [-0.2, -0.15) is 0 Å². The van der Waals surface area contributed by atoms with Gasteiger partial charge < -0.3 is 39.9 Å². The number of rotatable bonds is 0. The Kier molecular flexibility index (Phi) is 126. The van der Waals surface area contributed by atoms with Crippen molar-refractivity contribution < 1.29 is 86.0 Å². The van der Waals surface area contributed by atoms with Gasteiger partial charge in [-0.25, -0.2) is 28.8 Å². The molecule has 0 aromatic heterocycles. The van der Waals surface area contributed by atoms with Crippen molar-refractivity contribution in [3.63, 3.8) is 0 Å². The van der Waals surface area contributed by atoms with E-state index in [-0.39, 0.29) is 71.3 Å². The number of fused-ring (bicyclic) bond motifs is 9. The average molecular weight is 1930 g/mol. The molecule has 0 bridgehead atoms. The lowest BCUT2D eigenvalue weighted by atomic mass is 9.77. The van der Waals surface area contributed by atoms with Crippen molar-refractivity contribution in [2.75, 3.05) is 5.73 Å². The molecule has 4 N–H and O–H groups in total. The molecule has 17 rings (SSSR count). The van der Waals surface area contributed by atoms with Gasteiger partial charge in [0.2, 0.25) is 0 Å².